The summed E-state index contributed by atoms with van der Waals surface area (Å²) in [5, 5.41) is 2.08. The van der Waals surface area contributed by atoms with Gasteiger partial charge in [0, 0.05) is 10.4 Å². The minimum absolute atomic E-state index is 0.458. The van der Waals surface area contributed by atoms with Gasteiger partial charge in [0.2, 0.25) is 0 Å². The predicted molar refractivity (Wildman–Crippen MR) is 54.6 cm³/mol. The molecule has 2 aromatic heterocycles. The second kappa shape index (κ2) is 3.36. The first-order valence-electron chi connectivity index (χ1n) is 4.14. The van der Waals surface area contributed by atoms with Crippen molar-refractivity contribution in [2.75, 3.05) is 0 Å². The van der Waals surface area contributed by atoms with Gasteiger partial charge in [-0.15, -0.1) is 11.3 Å². The summed E-state index contributed by atoms with van der Waals surface area (Å²) in [6.07, 6.45) is 1.69. The number of thiophene rings is 1. The van der Waals surface area contributed by atoms with E-state index >= 15 is 0 Å². The first kappa shape index (κ1) is 8.53. The molecule has 0 unspecified atom stereocenters. The summed E-state index contributed by atoms with van der Waals surface area (Å²) in [5.74, 6) is 0.866. The molecule has 2 heterocycles. The van der Waals surface area contributed by atoms with Gasteiger partial charge in [-0.2, -0.15) is 0 Å². The Labute approximate surface area is 81.0 Å². The Balaban J connectivity index is 2.52. The van der Waals surface area contributed by atoms with Crippen LogP contribution in [0.5, 0.6) is 0 Å². The molecule has 3 heteroatoms. The summed E-state index contributed by atoms with van der Waals surface area (Å²) in [5.41, 5.74) is 7.98. The molecule has 2 aromatic rings. The summed E-state index contributed by atoms with van der Waals surface area (Å²) >= 11 is 1.72. The van der Waals surface area contributed by atoms with Gasteiger partial charge in [-0.25, -0.2) is 0 Å². The molecule has 0 radical (unpaired) electrons. The van der Waals surface area contributed by atoms with Crippen LogP contribution in [0.15, 0.2) is 28.2 Å². The Morgan fingerprint density at radius 1 is 1.46 bits per heavy atom. The number of hydrogen-bond acceptors (Lipinski definition) is 3. The SMILES string of the molecule is Cc1ccsc1-c1ccoc1CN. The van der Waals surface area contributed by atoms with Crippen LogP contribution in [0.1, 0.15) is 11.3 Å². The van der Waals surface area contributed by atoms with Crippen molar-refractivity contribution in [2.24, 2.45) is 5.73 Å². The van der Waals surface area contributed by atoms with E-state index < -0.39 is 0 Å². The number of hydrogen-bond donors (Lipinski definition) is 1. The first-order valence-corrected chi connectivity index (χ1v) is 5.02. The van der Waals surface area contributed by atoms with Crippen LogP contribution < -0.4 is 5.73 Å². The van der Waals surface area contributed by atoms with Crippen molar-refractivity contribution >= 4 is 11.3 Å². The van der Waals surface area contributed by atoms with Crippen LogP contribution in [-0.4, -0.2) is 0 Å². The van der Waals surface area contributed by atoms with E-state index in [4.69, 9.17) is 10.2 Å². The molecule has 2 N–H and O–H groups in total. The van der Waals surface area contributed by atoms with Crippen molar-refractivity contribution in [3.05, 3.63) is 35.1 Å². The molecule has 0 aliphatic rings. The van der Waals surface area contributed by atoms with Crippen LogP contribution in [-0.2, 0) is 6.54 Å². The van der Waals surface area contributed by atoms with Crippen LogP contribution in [0, 0.1) is 6.92 Å². The lowest BCUT2D eigenvalue weighted by Gasteiger charge is -1.97. The van der Waals surface area contributed by atoms with Crippen LogP contribution in [0.2, 0.25) is 0 Å². The summed E-state index contributed by atoms with van der Waals surface area (Å²) in [6, 6.07) is 4.08. The molecule has 0 spiro atoms. The third kappa shape index (κ3) is 1.41. The third-order valence-electron chi connectivity index (χ3n) is 2.04. The van der Waals surface area contributed by atoms with Gasteiger partial charge in [-0.05, 0) is 30.0 Å². The number of rotatable bonds is 2. The zero-order valence-corrected chi connectivity index (χ0v) is 8.23. The smallest absolute Gasteiger partial charge is 0.125 e. The maximum atomic E-state index is 5.56. The van der Waals surface area contributed by atoms with E-state index in [1.165, 1.54) is 10.4 Å². The molecule has 0 aromatic carbocycles. The lowest BCUT2D eigenvalue weighted by atomic mass is 10.1. The molecule has 0 saturated carbocycles. The molecule has 0 fully saturated rings. The van der Waals surface area contributed by atoms with Gasteiger partial charge in [-0.3, -0.25) is 0 Å². The van der Waals surface area contributed by atoms with Crippen LogP contribution in [0.4, 0.5) is 0 Å². The maximum absolute atomic E-state index is 5.56. The second-order valence-corrected chi connectivity index (χ2v) is 3.81. The lowest BCUT2D eigenvalue weighted by Crippen LogP contribution is -1.95. The quantitative estimate of drug-likeness (QED) is 0.796. The highest BCUT2D eigenvalue weighted by molar-refractivity contribution is 7.13. The molecular weight excluding hydrogens is 182 g/mol. The van der Waals surface area contributed by atoms with Gasteiger partial charge < -0.3 is 10.2 Å². The minimum Gasteiger partial charge on any atom is -0.467 e. The largest absolute Gasteiger partial charge is 0.467 e. The van der Waals surface area contributed by atoms with Gasteiger partial charge in [0.05, 0.1) is 12.8 Å². The Morgan fingerprint density at radius 3 is 2.92 bits per heavy atom. The highest BCUT2D eigenvalue weighted by Gasteiger charge is 2.09. The third-order valence-corrected chi connectivity index (χ3v) is 3.09. The van der Waals surface area contributed by atoms with E-state index in [0.717, 1.165) is 11.3 Å². The average molecular weight is 193 g/mol. The second-order valence-electron chi connectivity index (χ2n) is 2.89. The molecule has 0 bridgehead atoms. The summed E-state index contributed by atoms with van der Waals surface area (Å²) in [4.78, 5) is 1.26. The van der Waals surface area contributed by atoms with Gasteiger partial charge in [-0.1, -0.05) is 0 Å². The molecule has 0 atom stereocenters. The van der Waals surface area contributed by atoms with Crippen molar-refractivity contribution in [1.82, 2.24) is 0 Å². The Morgan fingerprint density at radius 2 is 2.31 bits per heavy atom. The monoisotopic (exact) mass is 193 g/mol. The van der Waals surface area contributed by atoms with E-state index in [-0.39, 0.29) is 0 Å². The lowest BCUT2D eigenvalue weighted by molar-refractivity contribution is 0.513. The Kier molecular flexibility index (Phi) is 2.20. The van der Waals surface area contributed by atoms with Gasteiger partial charge in [0.1, 0.15) is 5.76 Å². The Hall–Kier alpha value is -1.06. The normalized spacial score (nSPS) is 10.6. The number of aryl methyl sites for hydroxylation is 1. The summed E-state index contributed by atoms with van der Waals surface area (Å²) in [7, 11) is 0. The van der Waals surface area contributed by atoms with E-state index in [2.05, 4.69) is 18.4 Å². The van der Waals surface area contributed by atoms with Gasteiger partial charge in [0.25, 0.3) is 0 Å². The summed E-state index contributed by atoms with van der Waals surface area (Å²) < 4.78 is 5.27. The maximum Gasteiger partial charge on any atom is 0.125 e. The number of furan rings is 1. The fourth-order valence-corrected chi connectivity index (χ4v) is 2.32. The fraction of sp³-hybridized carbons (Fsp3) is 0.200. The van der Waals surface area contributed by atoms with Crippen molar-refractivity contribution in [1.29, 1.82) is 0 Å². The highest BCUT2D eigenvalue weighted by atomic mass is 32.1. The highest BCUT2D eigenvalue weighted by Crippen LogP contribution is 2.32. The molecule has 0 aliphatic carbocycles. The molecule has 0 aliphatic heterocycles. The zero-order chi connectivity index (χ0) is 9.26. The fourth-order valence-electron chi connectivity index (χ4n) is 1.35. The zero-order valence-electron chi connectivity index (χ0n) is 7.41. The molecule has 0 amide bonds. The van der Waals surface area contributed by atoms with Crippen molar-refractivity contribution in [3.8, 4) is 10.4 Å². The van der Waals surface area contributed by atoms with E-state index in [1.54, 1.807) is 17.6 Å². The molecule has 13 heavy (non-hydrogen) atoms. The molecule has 0 saturated heterocycles. The van der Waals surface area contributed by atoms with Gasteiger partial charge >= 0.3 is 0 Å². The number of nitrogens with two attached hydrogens (primary N) is 1. The van der Waals surface area contributed by atoms with Crippen molar-refractivity contribution in [3.63, 3.8) is 0 Å². The van der Waals surface area contributed by atoms with Gasteiger partial charge in [0.15, 0.2) is 0 Å². The minimum atomic E-state index is 0.458. The molecule has 68 valence electrons. The van der Waals surface area contributed by atoms with E-state index in [9.17, 15) is 0 Å². The van der Waals surface area contributed by atoms with Crippen LogP contribution >= 0.6 is 11.3 Å². The van der Waals surface area contributed by atoms with Crippen molar-refractivity contribution < 1.29 is 4.42 Å². The summed E-state index contributed by atoms with van der Waals surface area (Å²) in [6.45, 7) is 2.55. The topological polar surface area (TPSA) is 39.2 Å². The predicted octanol–water partition coefficient (Wildman–Crippen LogP) is 2.78. The first-order chi connectivity index (χ1) is 6.33. The van der Waals surface area contributed by atoms with Crippen LogP contribution in [0.25, 0.3) is 10.4 Å². The average Bonchev–Trinajstić information content (AvgIpc) is 2.71. The molecule has 2 rings (SSSR count). The molecule has 2 nitrogen and oxygen atoms in total. The standard InChI is InChI=1S/C10H11NOS/c1-7-3-5-13-10(7)8-2-4-12-9(8)6-11/h2-5H,6,11H2,1H3. The van der Waals surface area contributed by atoms with E-state index in [0.29, 0.717) is 6.54 Å². The van der Waals surface area contributed by atoms with E-state index in [1.807, 2.05) is 6.07 Å². The molecular formula is C10H11NOS. The van der Waals surface area contributed by atoms with Crippen LogP contribution in [0.3, 0.4) is 0 Å². The Bertz CT molecular complexity index is 402. The van der Waals surface area contributed by atoms with Crippen molar-refractivity contribution in [2.45, 2.75) is 13.5 Å².